The Morgan fingerprint density at radius 3 is 2.61 bits per heavy atom. The van der Waals surface area contributed by atoms with Crippen molar-refractivity contribution in [1.82, 2.24) is 14.7 Å². The molecule has 1 atom stereocenters. The molecule has 1 N–H and O–H groups in total. The Balaban J connectivity index is 1.21. The van der Waals surface area contributed by atoms with Crippen LogP contribution in [0.25, 0.3) is 0 Å². The number of aromatic nitrogens is 2. The van der Waals surface area contributed by atoms with Gasteiger partial charge in [-0.1, -0.05) is 32.1 Å². The number of likely N-dealkylation sites (tertiary alicyclic amines) is 1. The topological polar surface area (TPSA) is 67.6 Å². The van der Waals surface area contributed by atoms with Gasteiger partial charge in [0.1, 0.15) is 17.4 Å². The van der Waals surface area contributed by atoms with Gasteiger partial charge in [0.15, 0.2) is 5.75 Å². The summed E-state index contributed by atoms with van der Waals surface area (Å²) in [6.45, 7) is 1.48. The van der Waals surface area contributed by atoms with E-state index in [9.17, 15) is 9.90 Å². The van der Waals surface area contributed by atoms with E-state index in [4.69, 9.17) is 4.74 Å². The molecular formula is C22H33N3O3. The van der Waals surface area contributed by atoms with Crippen LogP contribution in [0.15, 0.2) is 6.20 Å². The minimum atomic E-state index is -0.563. The van der Waals surface area contributed by atoms with E-state index < -0.39 is 6.10 Å². The maximum Gasteiger partial charge on any atom is 0.222 e. The Morgan fingerprint density at radius 1 is 1.18 bits per heavy atom. The molecule has 28 heavy (non-hydrogen) atoms. The van der Waals surface area contributed by atoms with E-state index in [0.29, 0.717) is 30.5 Å². The molecule has 1 unspecified atom stereocenters. The molecule has 1 aromatic rings. The van der Waals surface area contributed by atoms with Gasteiger partial charge in [0, 0.05) is 38.8 Å². The van der Waals surface area contributed by atoms with Crippen LogP contribution in [0.2, 0.25) is 0 Å². The summed E-state index contributed by atoms with van der Waals surface area (Å²) in [7, 11) is 0. The summed E-state index contributed by atoms with van der Waals surface area (Å²) >= 11 is 0. The number of ether oxygens (including phenoxy) is 1. The minimum Gasteiger partial charge on any atom is -0.483 e. The molecule has 1 aromatic heterocycles. The van der Waals surface area contributed by atoms with Gasteiger partial charge in [-0.3, -0.25) is 9.48 Å². The van der Waals surface area contributed by atoms with Crippen LogP contribution in [-0.4, -0.2) is 44.4 Å². The number of amides is 1. The lowest BCUT2D eigenvalue weighted by atomic mass is 9.81. The van der Waals surface area contributed by atoms with E-state index in [-0.39, 0.29) is 5.60 Å². The molecule has 154 valence electrons. The van der Waals surface area contributed by atoms with E-state index in [2.05, 4.69) is 5.10 Å². The second kappa shape index (κ2) is 7.36. The first-order valence-electron chi connectivity index (χ1n) is 11.4. The zero-order chi connectivity index (χ0) is 19.1. The summed E-state index contributed by atoms with van der Waals surface area (Å²) in [6, 6.07) is 0.451. The maximum absolute atomic E-state index is 12.5. The molecular weight excluding hydrogens is 354 g/mol. The average molecular weight is 388 g/mol. The Morgan fingerprint density at radius 2 is 1.93 bits per heavy atom. The zero-order valence-electron chi connectivity index (χ0n) is 16.8. The first kappa shape index (κ1) is 18.5. The molecule has 3 heterocycles. The predicted octanol–water partition coefficient (Wildman–Crippen LogP) is 3.76. The molecule has 2 aliphatic carbocycles. The quantitative estimate of drug-likeness (QED) is 0.854. The summed E-state index contributed by atoms with van der Waals surface area (Å²) < 4.78 is 8.47. The van der Waals surface area contributed by atoms with Gasteiger partial charge in [-0.05, 0) is 25.2 Å². The summed E-state index contributed by atoms with van der Waals surface area (Å²) in [5.41, 5.74) is 0.359. The normalized spacial score (nSPS) is 27.5. The van der Waals surface area contributed by atoms with Crippen molar-refractivity contribution in [1.29, 1.82) is 0 Å². The van der Waals surface area contributed by atoms with Gasteiger partial charge >= 0.3 is 0 Å². The number of nitrogens with zero attached hydrogens (tertiary/aromatic N) is 3. The van der Waals surface area contributed by atoms with Gasteiger partial charge in [-0.25, -0.2) is 0 Å². The summed E-state index contributed by atoms with van der Waals surface area (Å²) in [6.07, 6.45) is 14.2. The Labute approximate surface area is 167 Å². The molecule has 6 heteroatoms. The fourth-order valence-corrected chi connectivity index (χ4v) is 5.52. The van der Waals surface area contributed by atoms with Crippen LogP contribution in [0, 0.1) is 5.92 Å². The van der Waals surface area contributed by atoms with Crippen LogP contribution in [0.1, 0.15) is 94.9 Å². The number of rotatable bonds is 4. The van der Waals surface area contributed by atoms with Crippen LogP contribution >= 0.6 is 0 Å². The van der Waals surface area contributed by atoms with Crippen LogP contribution in [0.4, 0.5) is 0 Å². The molecule has 0 bridgehead atoms. The largest absolute Gasteiger partial charge is 0.483 e. The number of hydrogen-bond acceptors (Lipinski definition) is 4. The maximum atomic E-state index is 12.5. The lowest BCUT2D eigenvalue weighted by Crippen LogP contribution is -2.51. The third kappa shape index (κ3) is 3.44. The molecule has 6 nitrogen and oxygen atoms in total. The molecule has 1 amide bonds. The lowest BCUT2D eigenvalue weighted by molar-refractivity contribution is -0.136. The second-order valence-electron chi connectivity index (χ2n) is 9.52. The Hall–Kier alpha value is -1.56. The van der Waals surface area contributed by atoms with E-state index in [1.807, 2.05) is 15.8 Å². The van der Waals surface area contributed by atoms with Crippen molar-refractivity contribution >= 4 is 5.91 Å². The van der Waals surface area contributed by atoms with Crippen molar-refractivity contribution in [2.24, 2.45) is 5.92 Å². The molecule has 3 fully saturated rings. The first-order chi connectivity index (χ1) is 13.6. The van der Waals surface area contributed by atoms with Crippen LogP contribution in [0.5, 0.6) is 5.75 Å². The number of aliphatic hydroxyl groups is 1. The van der Waals surface area contributed by atoms with Gasteiger partial charge in [-0.15, -0.1) is 0 Å². The molecule has 2 saturated carbocycles. The summed E-state index contributed by atoms with van der Waals surface area (Å²) in [5.74, 6) is 1.84. The highest BCUT2D eigenvalue weighted by Gasteiger charge is 2.45. The van der Waals surface area contributed by atoms with Crippen molar-refractivity contribution in [2.75, 3.05) is 13.1 Å². The predicted molar refractivity (Wildman–Crippen MR) is 105 cm³/mol. The van der Waals surface area contributed by atoms with Gasteiger partial charge in [-0.2, -0.15) is 5.10 Å². The van der Waals surface area contributed by atoms with Gasteiger partial charge in [0.2, 0.25) is 5.91 Å². The number of carbonyl (C=O) groups is 1. The number of piperidine rings is 1. The molecule has 1 saturated heterocycles. The van der Waals surface area contributed by atoms with Crippen LogP contribution in [-0.2, 0) is 4.79 Å². The molecule has 0 aromatic carbocycles. The van der Waals surface area contributed by atoms with Crippen molar-refractivity contribution in [2.45, 2.75) is 94.8 Å². The van der Waals surface area contributed by atoms with Crippen LogP contribution in [0.3, 0.4) is 0 Å². The van der Waals surface area contributed by atoms with E-state index in [0.717, 1.165) is 44.0 Å². The fourth-order valence-electron chi connectivity index (χ4n) is 5.52. The highest BCUT2D eigenvalue weighted by atomic mass is 16.5. The SMILES string of the molecule is O=C(CCC1CCC1)N1CCC2(CC1)CC(O)c1nn(C3CCCC3)cc1O2. The smallest absolute Gasteiger partial charge is 0.222 e. The second-order valence-corrected chi connectivity index (χ2v) is 9.52. The lowest BCUT2D eigenvalue weighted by Gasteiger charge is -2.44. The molecule has 1 spiro atoms. The Bertz CT molecular complexity index is 713. The number of aliphatic hydroxyl groups excluding tert-OH is 1. The van der Waals surface area contributed by atoms with Gasteiger partial charge in [0.25, 0.3) is 0 Å². The van der Waals surface area contributed by atoms with E-state index in [1.54, 1.807) is 0 Å². The van der Waals surface area contributed by atoms with Gasteiger partial charge < -0.3 is 14.7 Å². The van der Waals surface area contributed by atoms with Gasteiger partial charge in [0.05, 0.1) is 12.2 Å². The number of carbonyl (C=O) groups excluding carboxylic acids is 1. The van der Waals surface area contributed by atoms with Crippen LogP contribution < -0.4 is 4.74 Å². The van der Waals surface area contributed by atoms with Crippen molar-refractivity contribution < 1.29 is 14.6 Å². The minimum absolute atomic E-state index is 0.299. The number of fused-ring (bicyclic) bond motifs is 1. The third-order valence-electron chi connectivity index (χ3n) is 7.65. The first-order valence-corrected chi connectivity index (χ1v) is 11.4. The molecule has 4 aliphatic rings. The summed E-state index contributed by atoms with van der Waals surface area (Å²) in [4.78, 5) is 14.6. The molecule has 2 aliphatic heterocycles. The zero-order valence-corrected chi connectivity index (χ0v) is 16.8. The van der Waals surface area contributed by atoms with E-state index in [1.165, 1.54) is 44.9 Å². The molecule has 5 rings (SSSR count). The molecule has 0 radical (unpaired) electrons. The van der Waals surface area contributed by atoms with Crippen molar-refractivity contribution in [3.05, 3.63) is 11.9 Å². The van der Waals surface area contributed by atoms with E-state index >= 15 is 0 Å². The average Bonchev–Trinajstić information content (AvgIpc) is 3.30. The Kier molecular flexibility index (Phi) is 4.85. The van der Waals surface area contributed by atoms with Crippen molar-refractivity contribution in [3.63, 3.8) is 0 Å². The number of hydrogen-bond donors (Lipinski definition) is 1. The standard InChI is InChI=1S/C22H33N3O3/c26-18-14-22(28-19-15-25(23-21(18)19)17-6-1-2-7-17)10-12-24(13-11-22)20(27)9-8-16-4-3-5-16/h15-18,26H,1-14H2. The monoisotopic (exact) mass is 387 g/mol. The summed E-state index contributed by atoms with van der Waals surface area (Å²) in [5, 5.41) is 15.4. The third-order valence-corrected chi connectivity index (χ3v) is 7.65. The highest BCUT2D eigenvalue weighted by molar-refractivity contribution is 5.76. The fraction of sp³-hybridized carbons (Fsp3) is 0.818. The van der Waals surface area contributed by atoms with Crippen molar-refractivity contribution in [3.8, 4) is 5.75 Å². The highest BCUT2D eigenvalue weighted by Crippen LogP contribution is 2.45.